The number of aryl methyl sites for hydroxylation is 2. The van der Waals surface area contributed by atoms with E-state index in [-0.39, 0.29) is 72.8 Å². The summed E-state index contributed by atoms with van der Waals surface area (Å²) >= 11 is 0. The van der Waals surface area contributed by atoms with Crippen LogP contribution >= 0.6 is 0 Å². The Morgan fingerprint density at radius 3 is 1.97 bits per heavy atom. The number of hydrogen-bond acceptors (Lipinski definition) is 0. The molecule has 1 atom stereocenters. The Morgan fingerprint density at radius 2 is 1.38 bits per heavy atom. The van der Waals surface area contributed by atoms with Crippen molar-refractivity contribution >= 4 is 0 Å². The van der Waals surface area contributed by atoms with E-state index in [0.717, 1.165) is 6.42 Å². The molecule has 0 aliphatic rings. The number of rotatable bonds is 4. The Kier molecular flexibility index (Phi) is 16.2. The molecule has 0 aromatic heterocycles. The quantitative estimate of drug-likeness (QED) is 0.226. The van der Waals surface area contributed by atoms with Gasteiger partial charge in [0.1, 0.15) is 0 Å². The van der Waals surface area contributed by atoms with Crippen molar-refractivity contribution in [1.29, 1.82) is 0 Å². The molecule has 4 rings (SSSR count). The maximum atomic E-state index is 3.34. The molecule has 0 N–H and O–H groups in total. The third kappa shape index (κ3) is 9.92. The molecule has 0 heterocycles. The maximum Gasteiger partial charge on any atom is 3.00 e. The maximum absolute atomic E-state index is 3.34. The first-order valence-electron chi connectivity index (χ1n) is 10.0. The zero-order chi connectivity index (χ0) is 20.5. The summed E-state index contributed by atoms with van der Waals surface area (Å²) in [4.78, 5) is 0. The smallest absolute Gasteiger partial charge is 0.358 e. The van der Waals surface area contributed by atoms with Gasteiger partial charge in [0.25, 0.3) is 0 Å². The van der Waals surface area contributed by atoms with E-state index in [1.165, 1.54) is 33.4 Å². The molecule has 0 amide bonds. The Hall–Kier alpha value is -0.912. The predicted octanol–water partition coefficient (Wildman–Crippen LogP) is 7.38. The Labute approximate surface area is 246 Å². The van der Waals surface area contributed by atoms with E-state index in [0.29, 0.717) is 5.92 Å². The van der Waals surface area contributed by atoms with Crippen LogP contribution in [0.1, 0.15) is 46.2 Å². The van der Waals surface area contributed by atoms with Crippen LogP contribution in [0.4, 0.5) is 0 Å². The average molecular weight is 567 g/mol. The predicted molar refractivity (Wildman–Crippen MR) is 127 cm³/mol. The minimum Gasteiger partial charge on any atom is -0.358 e. The van der Waals surface area contributed by atoms with Crippen LogP contribution < -0.4 is 0 Å². The van der Waals surface area contributed by atoms with Crippen molar-refractivity contribution < 1.29 is 65.4 Å². The van der Waals surface area contributed by atoms with Gasteiger partial charge in [0, 0.05) is 32.7 Å². The Bertz CT molecular complexity index is 1010. The molecule has 0 saturated carbocycles. The van der Waals surface area contributed by atoms with E-state index in [1.54, 1.807) is 0 Å². The van der Waals surface area contributed by atoms with Gasteiger partial charge in [-0.3, -0.25) is 0 Å². The van der Waals surface area contributed by atoms with Gasteiger partial charge >= 0.3 is 32.7 Å². The van der Waals surface area contributed by atoms with E-state index in [2.05, 4.69) is 87.5 Å². The van der Waals surface area contributed by atoms with Gasteiger partial charge in [-0.25, -0.2) is 0 Å². The molecule has 1 radical (unpaired) electrons. The van der Waals surface area contributed by atoms with Crippen molar-refractivity contribution in [1.82, 2.24) is 0 Å². The third-order valence-electron chi connectivity index (χ3n) is 4.89. The summed E-state index contributed by atoms with van der Waals surface area (Å²) < 4.78 is 0. The average Bonchev–Trinajstić information content (AvgIpc) is 2.75. The van der Waals surface area contributed by atoms with Gasteiger partial charge in [-0.2, -0.15) is 143 Å². The molecule has 0 aliphatic heterocycles. The van der Waals surface area contributed by atoms with Crippen LogP contribution in [-0.2, 0) is 71.8 Å². The van der Waals surface area contributed by atoms with Gasteiger partial charge in [-0.15, -0.1) is 0 Å². The molecule has 0 nitrogen and oxygen atoms in total. The van der Waals surface area contributed by atoms with Crippen molar-refractivity contribution in [2.45, 2.75) is 33.1 Å². The fourth-order valence-electron chi connectivity index (χ4n) is 3.33. The van der Waals surface area contributed by atoms with Gasteiger partial charge in [0.15, 0.2) is 0 Å². The first kappa shape index (κ1) is 31.1. The molecule has 4 aromatic carbocycles. The molecule has 0 saturated heterocycles. The van der Waals surface area contributed by atoms with Gasteiger partial charge in [-0.05, 0) is 12.3 Å². The van der Waals surface area contributed by atoms with Crippen LogP contribution in [0.25, 0.3) is 0 Å². The van der Waals surface area contributed by atoms with Crippen LogP contribution in [0.5, 0.6) is 0 Å². The van der Waals surface area contributed by atoms with Gasteiger partial charge in [0.05, 0.1) is 0 Å². The standard InChI is InChI=1S/C15H14.C14H12.CH3.2Y/c1-12-8-6-7-11-15(12)13(2)14-9-4-3-5-10-14;1-12-6-5-9-14(10-12)11-13-7-3-2-4-8-13;;;/h3-9,13H,1-2H3;2-7,9H,11H2,1H3;1H3;;/q2*-2;-1;;+3. The molecular formula is C30H29Y2-2. The first-order valence-corrected chi connectivity index (χ1v) is 10.0. The van der Waals surface area contributed by atoms with E-state index in [1.807, 2.05) is 42.5 Å². The number of benzene rings is 4. The van der Waals surface area contributed by atoms with Crippen molar-refractivity contribution in [3.05, 3.63) is 150 Å². The number of hydrogen-bond donors (Lipinski definition) is 0. The topological polar surface area (TPSA) is 0 Å². The van der Waals surface area contributed by atoms with E-state index < -0.39 is 0 Å². The van der Waals surface area contributed by atoms with Crippen LogP contribution in [0, 0.1) is 45.5 Å². The third-order valence-corrected chi connectivity index (χ3v) is 4.89. The van der Waals surface area contributed by atoms with Crippen molar-refractivity contribution in [2.75, 3.05) is 0 Å². The van der Waals surface area contributed by atoms with Crippen molar-refractivity contribution in [2.24, 2.45) is 0 Å². The van der Waals surface area contributed by atoms with E-state index in [4.69, 9.17) is 0 Å². The second-order valence-electron chi connectivity index (χ2n) is 7.23. The monoisotopic (exact) mass is 567 g/mol. The first-order chi connectivity index (χ1) is 14.1. The van der Waals surface area contributed by atoms with Gasteiger partial charge in [-0.1, -0.05) is 20.8 Å². The fraction of sp³-hybridized carbons (Fsp3) is 0.167. The second kappa shape index (κ2) is 16.7. The summed E-state index contributed by atoms with van der Waals surface area (Å²) in [5, 5.41) is 0. The second-order valence-corrected chi connectivity index (χ2v) is 7.23. The molecule has 0 bridgehead atoms. The molecule has 1 unspecified atom stereocenters. The van der Waals surface area contributed by atoms with Crippen molar-refractivity contribution in [3.8, 4) is 0 Å². The van der Waals surface area contributed by atoms with Crippen LogP contribution in [-0.4, -0.2) is 0 Å². The summed E-state index contributed by atoms with van der Waals surface area (Å²) in [6.45, 7) is 6.40. The summed E-state index contributed by atoms with van der Waals surface area (Å²) in [6, 6.07) is 41.7. The van der Waals surface area contributed by atoms with Gasteiger partial charge < -0.3 is 7.43 Å². The summed E-state index contributed by atoms with van der Waals surface area (Å²) in [5.41, 5.74) is 7.42. The summed E-state index contributed by atoms with van der Waals surface area (Å²) in [7, 11) is 0. The van der Waals surface area contributed by atoms with Crippen LogP contribution in [0.15, 0.2) is 84.9 Å². The SMILES string of the molecule is Cc1[c-]c(Cc2[c-]cccc2)ccc1.Cc1ccc[c-]c1C(C)c1[c-]cccc1.[CH3-].[Y+3].[Y]. The molecule has 2 heteroatoms. The molecule has 157 valence electrons. The van der Waals surface area contributed by atoms with Gasteiger partial charge in [0.2, 0.25) is 0 Å². The van der Waals surface area contributed by atoms with Crippen molar-refractivity contribution in [3.63, 3.8) is 0 Å². The summed E-state index contributed by atoms with van der Waals surface area (Å²) in [6.07, 6.45) is 0.919. The Morgan fingerprint density at radius 1 is 0.719 bits per heavy atom. The molecule has 4 aromatic rings. The van der Waals surface area contributed by atoms with E-state index in [9.17, 15) is 0 Å². The molecule has 32 heavy (non-hydrogen) atoms. The van der Waals surface area contributed by atoms with E-state index >= 15 is 0 Å². The molecule has 0 aliphatic carbocycles. The Balaban J connectivity index is 0.000000550. The summed E-state index contributed by atoms with van der Waals surface area (Å²) in [5.74, 6) is 0.368. The van der Waals surface area contributed by atoms with Crippen LogP contribution in [0.3, 0.4) is 0 Å². The minimum atomic E-state index is 0. The largest absolute Gasteiger partial charge is 3.00 e. The molecule has 0 spiro atoms. The zero-order valence-electron chi connectivity index (χ0n) is 19.5. The van der Waals surface area contributed by atoms with Crippen LogP contribution in [0.2, 0.25) is 0 Å². The normalized spacial score (nSPS) is 10.2. The molecular weight excluding hydrogens is 538 g/mol. The fourth-order valence-corrected chi connectivity index (χ4v) is 3.33. The minimum absolute atomic E-state index is 0. The molecule has 0 fully saturated rings. The zero-order valence-corrected chi connectivity index (χ0v) is 25.2.